The van der Waals surface area contributed by atoms with E-state index < -0.39 is 52.6 Å². The van der Waals surface area contributed by atoms with Gasteiger partial charge in [0.05, 0.1) is 27.9 Å². The number of unbranched alkanes of at least 4 members (excludes halogenated alkanes) is 3. The molecule has 58 heavy (non-hydrogen) atoms. The molecular weight excluding hydrogens is 761 g/mol. The fraction of sp³-hybridized carbons (Fsp3) is 0.500. The number of imide groups is 1. The van der Waals surface area contributed by atoms with E-state index in [0.29, 0.717) is 41.2 Å². The van der Waals surface area contributed by atoms with Crippen LogP contribution in [-0.2, 0) is 22.6 Å². The van der Waals surface area contributed by atoms with Crippen molar-refractivity contribution >= 4 is 40.9 Å². The molecule has 3 aliphatic heterocycles. The Morgan fingerprint density at radius 1 is 1.00 bits per heavy atom. The van der Waals surface area contributed by atoms with Gasteiger partial charge in [-0.1, -0.05) is 52.1 Å². The number of primary amides is 1. The Morgan fingerprint density at radius 3 is 2.38 bits per heavy atom. The Morgan fingerprint density at radius 2 is 1.72 bits per heavy atom. The molecule has 0 unspecified atom stereocenters. The Labute approximate surface area is 344 Å². The van der Waals surface area contributed by atoms with Gasteiger partial charge in [0.25, 0.3) is 11.8 Å². The number of rotatable bonds is 13. The van der Waals surface area contributed by atoms with E-state index in [-0.39, 0.29) is 35.9 Å². The van der Waals surface area contributed by atoms with Gasteiger partial charge < -0.3 is 20.3 Å². The van der Waals surface area contributed by atoms with E-state index in [0.717, 1.165) is 57.4 Å². The molecule has 3 fully saturated rings. The number of anilines is 1. The van der Waals surface area contributed by atoms with Crippen LogP contribution in [0.3, 0.4) is 0 Å². The normalized spacial score (nSPS) is 22.7. The second-order valence-corrected chi connectivity index (χ2v) is 17.6. The minimum atomic E-state index is -0.858. The second kappa shape index (κ2) is 16.3. The van der Waals surface area contributed by atoms with E-state index >= 15 is 4.39 Å². The van der Waals surface area contributed by atoms with Crippen LogP contribution in [0.25, 0.3) is 0 Å². The molecule has 2 saturated heterocycles. The average Bonchev–Trinajstić information content (AvgIpc) is 3.50. The third-order valence-corrected chi connectivity index (χ3v) is 12.9. The summed E-state index contributed by atoms with van der Waals surface area (Å²) >= 11 is 6.27. The van der Waals surface area contributed by atoms with Gasteiger partial charge in [-0.3, -0.25) is 34.0 Å². The fourth-order valence-corrected chi connectivity index (χ4v) is 10.2. The number of pyridine rings is 1. The second-order valence-electron chi connectivity index (χ2n) is 17.2. The van der Waals surface area contributed by atoms with E-state index in [1.165, 1.54) is 22.1 Å². The fourth-order valence-electron chi connectivity index (χ4n) is 9.99. The van der Waals surface area contributed by atoms with E-state index in [1.54, 1.807) is 30.3 Å². The van der Waals surface area contributed by atoms with Crippen molar-refractivity contribution in [2.75, 3.05) is 37.6 Å². The highest BCUT2D eigenvalue weighted by Gasteiger charge is 2.68. The summed E-state index contributed by atoms with van der Waals surface area (Å²) in [5, 5.41) is 9.55. The molecule has 2 aromatic carbocycles. The Balaban J connectivity index is 0.931. The molecule has 3 aromatic rings. The number of nitrogens with zero attached hydrogens (tertiary/aromatic N) is 6. The number of hydrogen-bond acceptors (Lipinski definition) is 9. The van der Waals surface area contributed by atoms with Crippen molar-refractivity contribution in [3.63, 3.8) is 0 Å². The van der Waals surface area contributed by atoms with Gasteiger partial charge in [-0.25, -0.2) is 4.39 Å². The average molecular weight is 812 g/mol. The molecule has 0 radical (unpaired) electrons. The van der Waals surface area contributed by atoms with Crippen LogP contribution in [-0.4, -0.2) is 94.2 Å². The SMILES string of the molecule is CC1(C)C(Oc2ccc(C#N)c(Cl)c2)C(C)(C)C1N1C(=O)CC[C@H](N2Cc3cc(N4CCN(CCCCCCc5ccc(C(N)=O)cn5)CC4)c(F)cc3C2=O)C1=O. The van der Waals surface area contributed by atoms with Crippen molar-refractivity contribution in [3.05, 3.63) is 87.4 Å². The number of aromatic nitrogens is 1. The van der Waals surface area contributed by atoms with Crippen LogP contribution < -0.4 is 15.4 Å². The minimum Gasteiger partial charge on any atom is -0.489 e. The molecule has 0 bridgehead atoms. The highest BCUT2D eigenvalue weighted by atomic mass is 35.5. The van der Waals surface area contributed by atoms with E-state index in [9.17, 15) is 24.4 Å². The monoisotopic (exact) mass is 811 g/mol. The van der Waals surface area contributed by atoms with Gasteiger partial charge in [0, 0.05) is 73.5 Å². The van der Waals surface area contributed by atoms with Gasteiger partial charge in [-0.15, -0.1) is 0 Å². The van der Waals surface area contributed by atoms with Gasteiger partial charge in [-0.2, -0.15) is 5.26 Å². The molecule has 1 saturated carbocycles. The number of amides is 4. The molecule has 2 N–H and O–H groups in total. The first-order valence-electron chi connectivity index (χ1n) is 20.2. The number of piperazine rings is 1. The molecule has 12 nitrogen and oxygen atoms in total. The smallest absolute Gasteiger partial charge is 0.255 e. The zero-order chi connectivity index (χ0) is 41.5. The van der Waals surface area contributed by atoms with Crippen LogP contribution in [0.4, 0.5) is 10.1 Å². The number of halogens is 2. The maximum atomic E-state index is 15.7. The molecule has 14 heteroatoms. The van der Waals surface area contributed by atoms with Gasteiger partial charge >= 0.3 is 0 Å². The third kappa shape index (κ3) is 7.76. The lowest BCUT2D eigenvalue weighted by molar-refractivity contribution is -0.216. The summed E-state index contributed by atoms with van der Waals surface area (Å²) in [4.78, 5) is 64.6. The molecule has 7 rings (SSSR count). The highest BCUT2D eigenvalue weighted by molar-refractivity contribution is 6.31. The lowest BCUT2D eigenvalue weighted by Gasteiger charge is -2.66. The largest absolute Gasteiger partial charge is 0.489 e. The molecule has 4 aliphatic rings. The first-order chi connectivity index (χ1) is 27.6. The number of nitriles is 1. The van der Waals surface area contributed by atoms with E-state index in [2.05, 4.69) is 9.88 Å². The molecular formula is C44H51ClFN7O5. The molecule has 1 aliphatic carbocycles. The maximum Gasteiger partial charge on any atom is 0.255 e. The van der Waals surface area contributed by atoms with Gasteiger partial charge in [0.1, 0.15) is 29.8 Å². The van der Waals surface area contributed by atoms with Crippen LogP contribution in [0.5, 0.6) is 5.75 Å². The minimum absolute atomic E-state index is 0.103. The predicted molar refractivity (Wildman–Crippen MR) is 217 cm³/mol. The van der Waals surface area contributed by atoms with Crippen molar-refractivity contribution in [1.82, 2.24) is 19.7 Å². The quantitative estimate of drug-likeness (QED) is 0.159. The van der Waals surface area contributed by atoms with Crippen molar-refractivity contribution in [2.24, 2.45) is 16.6 Å². The van der Waals surface area contributed by atoms with Crippen molar-refractivity contribution in [3.8, 4) is 11.8 Å². The molecule has 4 amide bonds. The van der Waals surface area contributed by atoms with Crippen LogP contribution in [0.15, 0.2) is 48.7 Å². The summed E-state index contributed by atoms with van der Waals surface area (Å²) < 4.78 is 22.1. The van der Waals surface area contributed by atoms with Gasteiger partial charge in [0.15, 0.2) is 0 Å². The summed E-state index contributed by atoms with van der Waals surface area (Å²) in [6.45, 7) is 11.9. The number of fused-ring (bicyclic) bond motifs is 1. The number of aryl methyl sites for hydroxylation is 1. The zero-order valence-electron chi connectivity index (χ0n) is 33.6. The summed E-state index contributed by atoms with van der Waals surface area (Å²) in [5.74, 6) is -1.56. The lowest BCUT2D eigenvalue weighted by Crippen LogP contribution is -2.77. The number of nitrogens with two attached hydrogens (primary N) is 1. The molecule has 0 spiro atoms. The van der Waals surface area contributed by atoms with E-state index in [4.69, 9.17) is 22.1 Å². The maximum absolute atomic E-state index is 15.7. The van der Waals surface area contributed by atoms with E-state index in [1.807, 2.05) is 44.7 Å². The Bertz CT molecular complexity index is 2130. The number of hydrogen-bond donors (Lipinski definition) is 1. The van der Waals surface area contributed by atoms with Crippen molar-refractivity contribution in [1.29, 1.82) is 5.26 Å². The summed E-state index contributed by atoms with van der Waals surface area (Å²) in [7, 11) is 0. The topological polar surface area (TPSA) is 153 Å². The van der Waals surface area contributed by atoms with Crippen molar-refractivity contribution in [2.45, 2.75) is 97.4 Å². The number of carbonyl (C=O) groups excluding carboxylic acids is 4. The lowest BCUT2D eigenvalue weighted by atomic mass is 9.48. The number of ether oxygens (including phenoxy) is 1. The molecule has 1 aromatic heterocycles. The van der Waals surface area contributed by atoms with Crippen LogP contribution in [0.1, 0.15) is 104 Å². The number of likely N-dealkylation sites (tertiary alicyclic amines) is 1. The first kappa shape index (κ1) is 41.1. The third-order valence-electron chi connectivity index (χ3n) is 12.6. The number of carbonyl (C=O) groups is 4. The zero-order valence-corrected chi connectivity index (χ0v) is 34.4. The highest BCUT2D eigenvalue weighted by Crippen LogP contribution is 2.58. The summed E-state index contributed by atoms with van der Waals surface area (Å²) in [6, 6.07) is 12.2. The molecule has 306 valence electrons. The van der Waals surface area contributed by atoms with Crippen LogP contribution in [0, 0.1) is 28.0 Å². The number of benzene rings is 2. The predicted octanol–water partition coefficient (Wildman–Crippen LogP) is 6.13. The first-order valence-corrected chi connectivity index (χ1v) is 20.6. The van der Waals surface area contributed by atoms with Crippen LogP contribution >= 0.6 is 11.6 Å². The number of piperidine rings is 1. The Kier molecular flexibility index (Phi) is 11.6. The van der Waals surface area contributed by atoms with Gasteiger partial charge in [-0.05, 0) is 74.2 Å². The summed E-state index contributed by atoms with van der Waals surface area (Å²) in [5.41, 5.74) is 7.09. The van der Waals surface area contributed by atoms with Gasteiger partial charge in [0.2, 0.25) is 11.8 Å². The van der Waals surface area contributed by atoms with Crippen molar-refractivity contribution < 1.29 is 28.3 Å². The Hall–Kier alpha value is -5.06. The molecule has 4 heterocycles. The van der Waals surface area contributed by atoms with Crippen LogP contribution in [0.2, 0.25) is 5.02 Å². The standard InChI is InChI=1S/C44H51ClFN7O5/c1-43(2)41(44(3,4)42(43)58-31-13-11-27(24-47)33(45)22-31)53-37(54)15-14-35(40(53)57)52-26-29-21-36(34(46)23-32(29)39(52)56)51-19-17-50(18-20-51)16-8-6-5-7-9-30-12-10-28(25-49-30)38(48)55/h10-13,21-23,25,35,41-42H,5-9,14-20,26H2,1-4H3,(H2,48,55)/t35-,41?,42?/m0/s1. The molecule has 1 atom stereocenters. The summed E-state index contributed by atoms with van der Waals surface area (Å²) in [6.07, 6.45) is 6.56.